The smallest absolute Gasteiger partial charge is 0.341 e. The Morgan fingerprint density at radius 3 is 1.25 bits per heavy atom. The van der Waals surface area contributed by atoms with Gasteiger partial charge in [0.05, 0.1) is 136 Å². The normalized spacial score (nSPS) is 11.9. The van der Waals surface area contributed by atoms with Crippen LogP contribution in [-0.2, 0) is 17.8 Å². The summed E-state index contributed by atoms with van der Waals surface area (Å²) >= 11 is 0. The van der Waals surface area contributed by atoms with Crippen molar-refractivity contribution in [2.24, 2.45) is 0 Å². The first-order valence-corrected chi connectivity index (χ1v) is 34.0. The quantitative estimate of drug-likeness (QED) is 0.0329. The van der Waals surface area contributed by atoms with E-state index >= 15 is 0 Å². The minimum atomic E-state index is -1.05. The van der Waals surface area contributed by atoms with E-state index in [0.29, 0.717) is 115 Å². The Morgan fingerprint density at radius 1 is 0.427 bits per heavy atom. The molecule has 0 fully saturated rings. The van der Waals surface area contributed by atoms with Crippen LogP contribution >= 0.6 is 0 Å². The summed E-state index contributed by atoms with van der Waals surface area (Å²) in [6, 6.07) is 38.5. The van der Waals surface area contributed by atoms with Gasteiger partial charge >= 0.3 is 11.9 Å². The van der Waals surface area contributed by atoms with Crippen molar-refractivity contribution in [1.82, 2.24) is 76.3 Å². The van der Waals surface area contributed by atoms with Crippen LogP contribution in [0, 0.1) is 0 Å². The van der Waals surface area contributed by atoms with Gasteiger partial charge in [0.2, 0.25) is 13.6 Å². The molecule has 7 N–H and O–H groups in total. The summed E-state index contributed by atoms with van der Waals surface area (Å²) < 4.78 is 48.7. The highest BCUT2D eigenvalue weighted by Gasteiger charge is 2.24. The van der Waals surface area contributed by atoms with Crippen LogP contribution in [0.2, 0.25) is 0 Å². The lowest BCUT2D eigenvalue weighted by Gasteiger charge is -2.11. The van der Waals surface area contributed by atoms with E-state index in [1.54, 1.807) is 125 Å². The van der Waals surface area contributed by atoms with Gasteiger partial charge in [-0.3, -0.25) is 54.9 Å². The summed E-state index contributed by atoms with van der Waals surface area (Å²) in [7, 11) is 6.05. The SMILES string of the molecule is CCOC(=O)c1ccc2n[nH]c(/C=C/c3cnccn3)c2c1OC.COc1c(C(=O)NCc2ccccc2)ccc2n[nH]c(/C=C/c3ccc4c(c3)OCO4)c12.COc1c(C(=O)NCc2cccnc2)ccc2n[nH]c(/C=C/c3ccc4c(c3)OCO4)c12.COc1c(C(=O)O)ccc2n[nH]c(/C=C/c3cnccn3)c12. The van der Waals surface area contributed by atoms with Crippen LogP contribution in [0.5, 0.6) is 46.0 Å². The minimum Gasteiger partial charge on any atom is -0.495 e. The highest BCUT2D eigenvalue weighted by atomic mass is 16.7. The van der Waals surface area contributed by atoms with E-state index in [2.05, 4.69) is 76.3 Å². The molecule has 7 aromatic heterocycles. The lowest BCUT2D eigenvalue weighted by Crippen LogP contribution is -2.23. The van der Waals surface area contributed by atoms with Crippen molar-refractivity contribution in [3.8, 4) is 46.0 Å². The molecule has 2 aliphatic rings. The first-order chi connectivity index (χ1) is 53.9. The molecule has 0 radical (unpaired) electrons. The lowest BCUT2D eigenvalue weighted by atomic mass is 10.1. The van der Waals surface area contributed by atoms with Crippen LogP contribution < -0.4 is 48.5 Å². The number of pyridine rings is 1. The van der Waals surface area contributed by atoms with Crippen LogP contribution in [-0.4, -0.2) is 143 Å². The number of benzene rings is 7. The molecule has 0 unspecified atom stereocenters. The zero-order valence-electron chi connectivity index (χ0n) is 59.7. The maximum absolute atomic E-state index is 12.9. The number of aromatic carboxylic acids is 1. The molecular weight excluding hydrogens is 1410 g/mol. The molecule has 2 aliphatic heterocycles. The predicted molar refractivity (Wildman–Crippen MR) is 411 cm³/mol. The summed E-state index contributed by atoms with van der Waals surface area (Å²) in [6.45, 7) is 3.33. The second-order valence-corrected chi connectivity index (χ2v) is 23.8. The second kappa shape index (κ2) is 34.7. The standard InChI is InChI=1S/C25H21N3O4.C24H20N4O4.C17H16N4O3.C15H12N4O3/c1-30-24-18(25(29)26-14-17-5-3-2-4-6-17)9-11-20-23(24)19(27-28-20)10-7-16-8-12-21-22(13-16)32-15-31-21;1-30-23-17(24(29)26-13-16-3-2-10-25-12-16)6-8-19-22(23)18(27-28-19)7-4-15-5-9-20-21(11-15)32-14-31-20;1-3-24-17(22)12-5-7-14-15(16(12)23-2)13(20-21-14)6-4-11-10-18-8-9-19-11;1-22-14-10(15(20)21)3-5-12-13(14)11(18-19-12)4-2-9-8-16-6-7-17-9/h2-13H,14-15H2,1H3,(H,26,29)(H,27,28);2-12H,13-14H2,1H3,(H,26,29)(H,27,28);4-10H,3H2,1-2H3,(H,20,21);2-8H,1H3,(H,18,19)(H,20,21)/b10-7+;7-4+;6-4+;4-2+. The summed E-state index contributed by atoms with van der Waals surface area (Å²) in [6.07, 6.45) is 27.9. The highest BCUT2D eigenvalue weighted by molar-refractivity contribution is 6.08. The Bertz CT molecular complexity index is 5560. The van der Waals surface area contributed by atoms with Gasteiger partial charge in [0.1, 0.15) is 34.1 Å². The fourth-order valence-electron chi connectivity index (χ4n) is 11.8. The van der Waals surface area contributed by atoms with Gasteiger partial charge in [-0.25, -0.2) is 9.59 Å². The van der Waals surface area contributed by atoms with Crippen molar-refractivity contribution in [2.45, 2.75) is 20.0 Å². The fraction of sp³-hybridized carbons (Fsp3) is 0.123. The molecule has 9 heterocycles. The van der Waals surface area contributed by atoms with Crippen LogP contribution in [0.15, 0.2) is 177 Å². The predicted octanol–water partition coefficient (Wildman–Crippen LogP) is 13.1. The molecule has 0 spiro atoms. The number of amides is 2. The number of nitrogens with zero attached hydrogens (tertiary/aromatic N) is 9. The van der Waals surface area contributed by atoms with Gasteiger partial charge in [-0.05, 0) is 144 Å². The molecule has 552 valence electrons. The molecule has 14 aromatic rings. The van der Waals surface area contributed by atoms with E-state index in [1.165, 1.54) is 20.3 Å². The molecule has 29 nitrogen and oxygen atoms in total. The summed E-state index contributed by atoms with van der Waals surface area (Å²) in [4.78, 5) is 69.6. The number of carbonyl (C=O) groups is 4. The topological polar surface area (TPSA) is 375 Å². The third kappa shape index (κ3) is 16.9. The van der Waals surface area contributed by atoms with Crippen LogP contribution in [0.25, 0.3) is 92.2 Å². The maximum atomic E-state index is 12.9. The maximum Gasteiger partial charge on any atom is 0.341 e. The average Bonchev–Trinajstić information content (AvgIpc) is 1.62. The number of esters is 1. The number of carboxylic acids is 1. The Labute approximate surface area is 626 Å². The van der Waals surface area contributed by atoms with Crippen molar-refractivity contribution in [1.29, 1.82) is 0 Å². The average molecular weight is 1480 g/mol. The largest absolute Gasteiger partial charge is 0.495 e. The third-order valence-corrected chi connectivity index (χ3v) is 17.0. The van der Waals surface area contributed by atoms with Crippen molar-refractivity contribution in [3.63, 3.8) is 0 Å². The van der Waals surface area contributed by atoms with E-state index in [1.807, 2.05) is 115 Å². The van der Waals surface area contributed by atoms with Gasteiger partial charge in [0.15, 0.2) is 23.0 Å². The minimum absolute atomic E-state index is 0.0885. The number of ether oxygens (including phenoxy) is 9. The summed E-state index contributed by atoms with van der Waals surface area (Å²) in [5.41, 5.74) is 12.1. The highest BCUT2D eigenvalue weighted by Crippen LogP contribution is 2.39. The number of hydrogen-bond donors (Lipinski definition) is 7. The first kappa shape index (κ1) is 73.3. The number of nitrogens with one attached hydrogen (secondary N) is 6. The zero-order valence-corrected chi connectivity index (χ0v) is 59.7. The van der Waals surface area contributed by atoms with E-state index in [9.17, 15) is 24.3 Å². The Morgan fingerprint density at radius 2 is 0.827 bits per heavy atom. The number of hydrogen-bond acceptors (Lipinski definition) is 22. The van der Waals surface area contributed by atoms with Gasteiger partial charge in [-0.2, -0.15) is 20.4 Å². The number of carboxylic acid groups (broad SMARTS) is 1. The fourth-order valence-corrected chi connectivity index (χ4v) is 11.8. The Hall–Kier alpha value is -15.0. The number of H-pyrrole nitrogens is 4. The number of aromatic amines is 4. The number of aromatic nitrogens is 13. The molecule has 0 saturated carbocycles. The number of methoxy groups -OCH3 is 4. The number of fused-ring (bicyclic) bond motifs is 6. The van der Waals surface area contributed by atoms with Gasteiger partial charge in [-0.15, -0.1) is 0 Å². The van der Waals surface area contributed by atoms with E-state index in [4.69, 9.17) is 42.6 Å². The molecule has 0 saturated heterocycles. The molecule has 0 atom stereocenters. The van der Waals surface area contributed by atoms with Crippen molar-refractivity contribution < 1.29 is 66.9 Å². The number of carbonyl (C=O) groups excluding carboxylic acids is 3. The van der Waals surface area contributed by atoms with Gasteiger partial charge in [0, 0.05) is 50.3 Å². The van der Waals surface area contributed by atoms with Crippen LogP contribution in [0.4, 0.5) is 0 Å². The van der Waals surface area contributed by atoms with Gasteiger partial charge < -0.3 is 58.4 Å². The molecule has 29 heteroatoms. The zero-order chi connectivity index (χ0) is 76.3. The molecule has 7 aromatic carbocycles. The molecule has 16 rings (SSSR count). The second-order valence-electron chi connectivity index (χ2n) is 23.8. The van der Waals surface area contributed by atoms with Crippen LogP contribution in [0.1, 0.15) is 105 Å². The van der Waals surface area contributed by atoms with Gasteiger partial charge in [-0.1, -0.05) is 60.7 Å². The number of rotatable bonds is 21. The van der Waals surface area contributed by atoms with E-state index < -0.39 is 11.9 Å². The molecule has 2 amide bonds. The molecule has 0 bridgehead atoms. The Balaban J connectivity index is 0.000000131. The Kier molecular flexibility index (Phi) is 23.1. The summed E-state index contributed by atoms with van der Waals surface area (Å²) in [5.74, 6) is 2.63. The molecule has 0 aliphatic carbocycles. The van der Waals surface area contributed by atoms with Gasteiger partial charge in [0.25, 0.3) is 11.8 Å². The monoisotopic (exact) mass is 1480 g/mol. The van der Waals surface area contributed by atoms with Crippen molar-refractivity contribution >= 4 is 116 Å². The lowest BCUT2D eigenvalue weighted by molar-refractivity contribution is 0.0522. The third-order valence-electron chi connectivity index (χ3n) is 17.0. The molecule has 110 heavy (non-hydrogen) atoms. The van der Waals surface area contributed by atoms with Crippen molar-refractivity contribution in [3.05, 3.63) is 256 Å². The van der Waals surface area contributed by atoms with E-state index in [0.717, 1.165) is 61.7 Å². The van der Waals surface area contributed by atoms with E-state index in [-0.39, 0.29) is 36.7 Å². The summed E-state index contributed by atoms with van der Waals surface area (Å²) in [5, 5.41) is 46.9. The van der Waals surface area contributed by atoms with Crippen LogP contribution in [0.3, 0.4) is 0 Å². The van der Waals surface area contributed by atoms with Crippen molar-refractivity contribution in [2.75, 3.05) is 48.6 Å². The first-order valence-electron chi connectivity index (χ1n) is 34.0. The molecular formula is C81H69N15O14.